The van der Waals surface area contributed by atoms with Gasteiger partial charge in [-0.15, -0.1) is 11.3 Å². The number of morpholine rings is 1. The topological polar surface area (TPSA) is 43.4 Å². The Kier molecular flexibility index (Phi) is 5.13. The third-order valence-electron chi connectivity index (χ3n) is 3.29. The fraction of sp³-hybridized carbons (Fsp3) is 0.400. The first kappa shape index (κ1) is 14.8. The highest BCUT2D eigenvalue weighted by atomic mass is 32.2. The highest BCUT2D eigenvalue weighted by Crippen LogP contribution is 2.31. The number of methoxy groups -OCH3 is 1. The molecule has 3 rings (SSSR count). The van der Waals surface area contributed by atoms with Crippen LogP contribution in [0.15, 0.2) is 34.8 Å². The minimum Gasteiger partial charge on any atom is -0.497 e. The van der Waals surface area contributed by atoms with E-state index >= 15 is 0 Å². The Morgan fingerprint density at radius 2 is 2.29 bits per heavy atom. The van der Waals surface area contributed by atoms with Crippen molar-refractivity contribution in [3.05, 3.63) is 40.9 Å². The Bertz CT molecular complexity index is 565. The second-order valence-electron chi connectivity index (χ2n) is 4.75. The summed E-state index contributed by atoms with van der Waals surface area (Å²) < 4.78 is 11.8. The van der Waals surface area contributed by atoms with Gasteiger partial charge < -0.3 is 14.8 Å². The van der Waals surface area contributed by atoms with Crippen LogP contribution in [-0.4, -0.2) is 31.9 Å². The molecule has 1 aromatic heterocycles. The number of aromatic nitrogens is 1. The van der Waals surface area contributed by atoms with Crippen LogP contribution in [-0.2, 0) is 10.5 Å². The maximum absolute atomic E-state index is 5.49. The molecule has 1 aliphatic heterocycles. The first-order chi connectivity index (χ1) is 10.3. The molecule has 0 spiro atoms. The van der Waals surface area contributed by atoms with Crippen molar-refractivity contribution in [3.8, 4) is 5.75 Å². The quantitative estimate of drug-likeness (QED) is 0.857. The number of nitrogens with one attached hydrogen (secondary N) is 1. The van der Waals surface area contributed by atoms with Gasteiger partial charge in [-0.05, 0) is 17.7 Å². The molecule has 0 bridgehead atoms. The minimum absolute atomic E-state index is 0.298. The first-order valence-electron chi connectivity index (χ1n) is 6.88. The van der Waals surface area contributed by atoms with Crippen LogP contribution in [0, 0.1) is 0 Å². The van der Waals surface area contributed by atoms with Crippen LogP contribution in [0.5, 0.6) is 5.75 Å². The molecule has 0 aliphatic carbocycles. The molecule has 4 nitrogen and oxygen atoms in total. The largest absolute Gasteiger partial charge is 0.497 e. The van der Waals surface area contributed by atoms with Crippen molar-refractivity contribution in [2.75, 3.05) is 26.9 Å². The predicted octanol–water partition coefficient (Wildman–Crippen LogP) is 3.10. The second kappa shape index (κ2) is 7.26. The highest BCUT2D eigenvalue weighted by molar-refractivity contribution is 8.00. The summed E-state index contributed by atoms with van der Waals surface area (Å²) in [5, 5.41) is 3.46. The number of benzene rings is 1. The SMILES string of the molecule is COc1ccc(CSc2ncc(C3COCCN3)s2)cc1. The molecule has 1 saturated heterocycles. The zero-order valence-electron chi connectivity index (χ0n) is 11.9. The van der Waals surface area contributed by atoms with Crippen LogP contribution >= 0.6 is 23.1 Å². The summed E-state index contributed by atoms with van der Waals surface area (Å²) in [6, 6.07) is 8.47. The van der Waals surface area contributed by atoms with E-state index in [-0.39, 0.29) is 0 Å². The molecule has 0 amide bonds. The lowest BCUT2D eigenvalue weighted by molar-refractivity contribution is 0.0778. The molecule has 1 aliphatic rings. The molecule has 2 aromatic rings. The molecule has 21 heavy (non-hydrogen) atoms. The molecule has 1 fully saturated rings. The van der Waals surface area contributed by atoms with E-state index < -0.39 is 0 Å². The molecular weight excluding hydrogens is 304 g/mol. The zero-order chi connectivity index (χ0) is 14.5. The molecule has 0 radical (unpaired) electrons. The Labute approximate surface area is 132 Å². The molecule has 1 aromatic carbocycles. The minimum atomic E-state index is 0.298. The lowest BCUT2D eigenvalue weighted by atomic mass is 10.2. The van der Waals surface area contributed by atoms with Gasteiger partial charge in [-0.1, -0.05) is 23.9 Å². The monoisotopic (exact) mass is 322 g/mol. The summed E-state index contributed by atoms with van der Waals surface area (Å²) >= 11 is 3.52. The summed E-state index contributed by atoms with van der Waals surface area (Å²) in [5.41, 5.74) is 1.27. The number of ether oxygens (including phenoxy) is 2. The molecule has 6 heteroatoms. The van der Waals surface area contributed by atoms with Crippen LogP contribution in [0.3, 0.4) is 0 Å². The van der Waals surface area contributed by atoms with Crippen LogP contribution in [0.25, 0.3) is 0 Å². The van der Waals surface area contributed by atoms with Crippen LogP contribution in [0.4, 0.5) is 0 Å². The fourth-order valence-electron chi connectivity index (χ4n) is 2.11. The van der Waals surface area contributed by atoms with E-state index in [1.807, 2.05) is 18.3 Å². The zero-order valence-corrected chi connectivity index (χ0v) is 13.5. The Morgan fingerprint density at radius 3 is 3.00 bits per heavy atom. The molecule has 2 heterocycles. The lowest BCUT2D eigenvalue weighted by Gasteiger charge is -2.22. The molecule has 0 saturated carbocycles. The number of thiazole rings is 1. The van der Waals surface area contributed by atoms with Crippen molar-refractivity contribution in [1.29, 1.82) is 0 Å². The summed E-state index contributed by atoms with van der Waals surface area (Å²) in [4.78, 5) is 5.76. The molecule has 1 atom stereocenters. The van der Waals surface area contributed by atoms with Gasteiger partial charge in [-0.3, -0.25) is 0 Å². The van der Waals surface area contributed by atoms with Gasteiger partial charge in [-0.2, -0.15) is 0 Å². The van der Waals surface area contributed by atoms with Gasteiger partial charge in [0.25, 0.3) is 0 Å². The van der Waals surface area contributed by atoms with Crippen molar-refractivity contribution in [2.24, 2.45) is 0 Å². The third kappa shape index (κ3) is 3.97. The molecule has 1 N–H and O–H groups in total. The van der Waals surface area contributed by atoms with E-state index in [2.05, 4.69) is 22.4 Å². The maximum Gasteiger partial charge on any atom is 0.150 e. The van der Waals surface area contributed by atoms with E-state index in [0.29, 0.717) is 6.04 Å². The third-order valence-corrected chi connectivity index (χ3v) is 5.63. The van der Waals surface area contributed by atoms with E-state index in [1.54, 1.807) is 30.2 Å². The van der Waals surface area contributed by atoms with Crippen LogP contribution in [0.2, 0.25) is 0 Å². The van der Waals surface area contributed by atoms with Crippen LogP contribution < -0.4 is 10.1 Å². The van der Waals surface area contributed by atoms with Crippen molar-refractivity contribution in [1.82, 2.24) is 10.3 Å². The average Bonchev–Trinajstić information content (AvgIpc) is 3.03. The van der Waals surface area contributed by atoms with Crippen molar-refractivity contribution < 1.29 is 9.47 Å². The van der Waals surface area contributed by atoms with E-state index in [9.17, 15) is 0 Å². The second-order valence-corrected chi connectivity index (χ2v) is 7.03. The maximum atomic E-state index is 5.49. The first-order valence-corrected chi connectivity index (χ1v) is 8.68. The molecule has 112 valence electrons. The number of rotatable bonds is 5. The van der Waals surface area contributed by atoms with E-state index in [1.165, 1.54) is 10.4 Å². The Morgan fingerprint density at radius 1 is 1.43 bits per heavy atom. The summed E-state index contributed by atoms with van der Waals surface area (Å²) in [5.74, 6) is 1.81. The van der Waals surface area contributed by atoms with Gasteiger partial charge in [0.2, 0.25) is 0 Å². The summed E-state index contributed by atoms with van der Waals surface area (Å²) in [7, 11) is 1.68. The Hall–Kier alpha value is -1.08. The Balaban J connectivity index is 1.56. The summed E-state index contributed by atoms with van der Waals surface area (Å²) in [6.45, 7) is 2.45. The predicted molar refractivity (Wildman–Crippen MR) is 86.2 cm³/mol. The highest BCUT2D eigenvalue weighted by Gasteiger charge is 2.17. The van der Waals surface area contributed by atoms with Gasteiger partial charge >= 0.3 is 0 Å². The smallest absolute Gasteiger partial charge is 0.150 e. The van der Waals surface area contributed by atoms with Crippen molar-refractivity contribution in [3.63, 3.8) is 0 Å². The molecule has 1 unspecified atom stereocenters. The molecular formula is C15H18N2O2S2. The van der Waals surface area contributed by atoms with Gasteiger partial charge in [0.15, 0.2) is 0 Å². The van der Waals surface area contributed by atoms with Gasteiger partial charge in [0.1, 0.15) is 10.1 Å². The van der Waals surface area contributed by atoms with Crippen molar-refractivity contribution >= 4 is 23.1 Å². The lowest BCUT2D eigenvalue weighted by Crippen LogP contribution is -2.33. The fourth-order valence-corrected chi connectivity index (χ4v) is 4.13. The van der Waals surface area contributed by atoms with Gasteiger partial charge in [0.05, 0.1) is 26.4 Å². The number of hydrogen-bond donors (Lipinski definition) is 1. The normalized spacial score (nSPS) is 18.6. The van der Waals surface area contributed by atoms with Gasteiger partial charge in [0, 0.05) is 23.4 Å². The summed E-state index contributed by atoms with van der Waals surface area (Å²) in [6.07, 6.45) is 1.97. The van der Waals surface area contributed by atoms with E-state index in [0.717, 1.165) is 35.6 Å². The number of thioether (sulfide) groups is 1. The van der Waals surface area contributed by atoms with Crippen molar-refractivity contribution in [2.45, 2.75) is 16.1 Å². The van der Waals surface area contributed by atoms with E-state index in [4.69, 9.17) is 9.47 Å². The van der Waals surface area contributed by atoms with Gasteiger partial charge in [-0.25, -0.2) is 4.98 Å². The number of hydrogen-bond acceptors (Lipinski definition) is 6. The van der Waals surface area contributed by atoms with Crippen LogP contribution in [0.1, 0.15) is 16.5 Å². The number of nitrogens with zero attached hydrogens (tertiary/aromatic N) is 1. The average molecular weight is 322 g/mol. The standard InChI is InChI=1S/C15H18N2O2S2/c1-18-12-4-2-11(3-5-12)10-20-15-17-8-14(21-15)13-9-19-7-6-16-13/h2-5,8,13,16H,6-7,9-10H2,1H3.